The molecule has 1 aliphatic rings. The molecule has 0 saturated carbocycles. The van der Waals surface area contributed by atoms with Crippen molar-refractivity contribution in [2.24, 2.45) is 4.99 Å². The van der Waals surface area contributed by atoms with E-state index in [1.807, 2.05) is 44.3 Å². The number of methoxy groups -OCH3 is 1. The number of aliphatic imine (C=N–C) groups is 1. The monoisotopic (exact) mass is 384 g/mol. The van der Waals surface area contributed by atoms with Crippen LogP contribution in [0.5, 0.6) is 11.5 Å². The second-order valence-electron chi connectivity index (χ2n) is 6.56. The SMILES string of the molecule is CN=C(NCC(C)Oc1cccc(OC)c1)N1CCN(c2ncccn2)CC1. The molecule has 0 amide bonds. The molecule has 1 fully saturated rings. The molecule has 1 N–H and O–H groups in total. The lowest BCUT2D eigenvalue weighted by Crippen LogP contribution is -2.53. The van der Waals surface area contributed by atoms with E-state index < -0.39 is 0 Å². The lowest BCUT2D eigenvalue weighted by molar-refractivity contribution is 0.220. The van der Waals surface area contributed by atoms with Gasteiger partial charge in [0.25, 0.3) is 0 Å². The highest BCUT2D eigenvalue weighted by Gasteiger charge is 2.21. The summed E-state index contributed by atoms with van der Waals surface area (Å²) >= 11 is 0. The van der Waals surface area contributed by atoms with Crippen molar-refractivity contribution in [1.82, 2.24) is 20.2 Å². The third kappa shape index (κ3) is 5.25. The van der Waals surface area contributed by atoms with Gasteiger partial charge in [0.2, 0.25) is 5.95 Å². The Morgan fingerprint density at radius 2 is 1.86 bits per heavy atom. The molecule has 1 aromatic heterocycles. The van der Waals surface area contributed by atoms with Crippen LogP contribution in [0.15, 0.2) is 47.7 Å². The lowest BCUT2D eigenvalue weighted by Gasteiger charge is -2.36. The van der Waals surface area contributed by atoms with Crippen molar-refractivity contribution in [3.8, 4) is 11.5 Å². The molecule has 28 heavy (non-hydrogen) atoms. The molecular weight excluding hydrogens is 356 g/mol. The molecule has 2 heterocycles. The van der Waals surface area contributed by atoms with Crippen LogP contribution in [-0.4, -0.2) is 73.8 Å². The molecule has 0 aliphatic carbocycles. The van der Waals surface area contributed by atoms with Crippen molar-refractivity contribution in [2.45, 2.75) is 13.0 Å². The maximum Gasteiger partial charge on any atom is 0.225 e. The zero-order chi connectivity index (χ0) is 19.8. The van der Waals surface area contributed by atoms with Gasteiger partial charge in [0.05, 0.1) is 13.7 Å². The van der Waals surface area contributed by atoms with Crippen LogP contribution in [0.3, 0.4) is 0 Å². The molecule has 1 aromatic carbocycles. The zero-order valence-corrected chi connectivity index (χ0v) is 16.7. The summed E-state index contributed by atoms with van der Waals surface area (Å²) in [5, 5.41) is 3.41. The highest BCUT2D eigenvalue weighted by atomic mass is 16.5. The Morgan fingerprint density at radius 3 is 2.54 bits per heavy atom. The minimum absolute atomic E-state index is 0.0112. The van der Waals surface area contributed by atoms with E-state index in [4.69, 9.17) is 9.47 Å². The Labute approximate surface area is 166 Å². The second kappa shape index (κ2) is 9.77. The highest BCUT2D eigenvalue weighted by Crippen LogP contribution is 2.19. The number of benzene rings is 1. The fourth-order valence-electron chi connectivity index (χ4n) is 3.09. The number of nitrogens with one attached hydrogen (secondary N) is 1. The molecular formula is C20H28N6O2. The summed E-state index contributed by atoms with van der Waals surface area (Å²) in [5.41, 5.74) is 0. The van der Waals surface area contributed by atoms with Crippen LogP contribution in [0.25, 0.3) is 0 Å². The van der Waals surface area contributed by atoms with Gasteiger partial charge in [0.1, 0.15) is 17.6 Å². The van der Waals surface area contributed by atoms with E-state index in [1.54, 1.807) is 19.5 Å². The number of rotatable bonds is 6. The number of hydrogen-bond acceptors (Lipinski definition) is 6. The first-order chi connectivity index (χ1) is 13.7. The number of anilines is 1. The average Bonchev–Trinajstić information content (AvgIpc) is 2.75. The van der Waals surface area contributed by atoms with Crippen LogP contribution < -0.4 is 19.7 Å². The number of hydrogen-bond donors (Lipinski definition) is 1. The number of guanidine groups is 1. The first-order valence-electron chi connectivity index (χ1n) is 9.48. The van der Waals surface area contributed by atoms with E-state index in [0.717, 1.165) is 49.6 Å². The predicted molar refractivity (Wildman–Crippen MR) is 110 cm³/mol. The van der Waals surface area contributed by atoms with Crippen LogP contribution in [0.2, 0.25) is 0 Å². The average molecular weight is 384 g/mol. The molecule has 8 heteroatoms. The third-order valence-electron chi connectivity index (χ3n) is 4.55. The zero-order valence-electron chi connectivity index (χ0n) is 16.7. The lowest BCUT2D eigenvalue weighted by atomic mass is 10.3. The fraction of sp³-hybridized carbons (Fsp3) is 0.450. The van der Waals surface area contributed by atoms with Crippen molar-refractivity contribution >= 4 is 11.9 Å². The fourth-order valence-corrected chi connectivity index (χ4v) is 3.09. The molecule has 1 saturated heterocycles. The molecule has 1 aliphatic heterocycles. The molecule has 0 spiro atoms. The molecule has 1 atom stereocenters. The van der Waals surface area contributed by atoms with Gasteiger partial charge in [0.15, 0.2) is 5.96 Å². The van der Waals surface area contributed by atoms with Crippen molar-refractivity contribution in [3.63, 3.8) is 0 Å². The smallest absolute Gasteiger partial charge is 0.225 e. The molecule has 2 aromatic rings. The summed E-state index contributed by atoms with van der Waals surface area (Å²) in [6, 6.07) is 9.47. The summed E-state index contributed by atoms with van der Waals surface area (Å²) in [6.45, 7) is 6.14. The Kier molecular flexibility index (Phi) is 6.89. The van der Waals surface area contributed by atoms with E-state index in [-0.39, 0.29) is 6.10 Å². The Bertz CT molecular complexity index is 762. The quantitative estimate of drug-likeness (QED) is 0.599. The summed E-state index contributed by atoms with van der Waals surface area (Å²) in [7, 11) is 3.46. The Balaban J connectivity index is 1.47. The molecule has 3 rings (SSSR count). The van der Waals surface area contributed by atoms with E-state index in [0.29, 0.717) is 6.54 Å². The summed E-state index contributed by atoms with van der Waals surface area (Å²) in [6.07, 6.45) is 3.54. The Hall–Kier alpha value is -3.03. The largest absolute Gasteiger partial charge is 0.497 e. The minimum Gasteiger partial charge on any atom is -0.497 e. The summed E-state index contributed by atoms with van der Waals surface area (Å²) < 4.78 is 11.2. The van der Waals surface area contributed by atoms with Gasteiger partial charge >= 0.3 is 0 Å². The van der Waals surface area contributed by atoms with E-state index in [9.17, 15) is 0 Å². The highest BCUT2D eigenvalue weighted by molar-refractivity contribution is 5.80. The van der Waals surface area contributed by atoms with Gasteiger partial charge in [-0.25, -0.2) is 9.97 Å². The van der Waals surface area contributed by atoms with Crippen LogP contribution >= 0.6 is 0 Å². The summed E-state index contributed by atoms with van der Waals surface area (Å²) in [4.78, 5) is 17.5. The van der Waals surface area contributed by atoms with Crippen molar-refractivity contribution in [2.75, 3.05) is 51.8 Å². The van der Waals surface area contributed by atoms with Crippen molar-refractivity contribution in [3.05, 3.63) is 42.7 Å². The third-order valence-corrected chi connectivity index (χ3v) is 4.55. The van der Waals surface area contributed by atoms with Gasteiger partial charge in [-0.3, -0.25) is 4.99 Å². The second-order valence-corrected chi connectivity index (χ2v) is 6.56. The van der Waals surface area contributed by atoms with Crippen molar-refractivity contribution in [1.29, 1.82) is 0 Å². The number of piperazine rings is 1. The van der Waals surface area contributed by atoms with E-state index in [1.165, 1.54) is 0 Å². The Morgan fingerprint density at radius 1 is 1.14 bits per heavy atom. The van der Waals surface area contributed by atoms with Crippen LogP contribution in [-0.2, 0) is 0 Å². The maximum atomic E-state index is 5.97. The van der Waals surface area contributed by atoms with Crippen molar-refractivity contribution < 1.29 is 9.47 Å². The minimum atomic E-state index is -0.0112. The van der Waals surface area contributed by atoms with Gasteiger partial charge in [-0.15, -0.1) is 0 Å². The molecule has 1 unspecified atom stereocenters. The van der Waals surface area contributed by atoms with Gasteiger partial charge in [-0.2, -0.15) is 0 Å². The van der Waals surface area contributed by atoms with Gasteiger partial charge < -0.3 is 24.6 Å². The molecule has 0 radical (unpaired) electrons. The number of nitrogens with zero attached hydrogens (tertiary/aromatic N) is 5. The first-order valence-corrected chi connectivity index (χ1v) is 9.48. The number of ether oxygens (including phenoxy) is 2. The van der Waals surface area contributed by atoms with E-state index in [2.05, 4.69) is 30.1 Å². The van der Waals surface area contributed by atoms with Crippen LogP contribution in [0, 0.1) is 0 Å². The standard InChI is InChI=1S/C20H28N6O2/c1-16(28-18-7-4-6-17(14-18)27-3)15-24-19(21-2)25-10-12-26(13-11-25)20-22-8-5-9-23-20/h4-9,14,16H,10-13,15H2,1-3H3,(H,21,24). The number of aromatic nitrogens is 2. The topological polar surface area (TPSA) is 75.1 Å². The van der Waals surface area contributed by atoms with E-state index >= 15 is 0 Å². The first kappa shape index (κ1) is 19.7. The van der Waals surface area contributed by atoms with Gasteiger partial charge in [-0.05, 0) is 25.1 Å². The van der Waals surface area contributed by atoms with Gasteiger partial charge in [0, 0.05) is 51.7 Å². The van der Waals surface area contributed by atoms with Crippen LogP contribution in [0.1, 0.15) is 6.92 Å². The normalized spacial score (nSPS) is 15.9. The molecule has 8 nitrogen and oxygen atoms in total. The van der Waals surface area contributed by atoms with Gasteiger partial charge in [-0.1, -0.05) is 6.07 Å². The predicted octanol–water partition coefficient (Wildman–Crippen LogP) is 1.65. The summed E-state index contributed by atoms with van der Waals surface area (Å²) in [5.74, 6) is 3.24. The molecule has 0 bridgehead atoms. The maximum absolute atomic E-state index is 5.97. The molecule has 150 valence electrons. The van der Waals surface area contributed by atoms with Crippen LogP contribution in [0.4, 0.5) is 5.95 Å².